The summed E-state index contributed by atoms with van der Waals surface area (Å²) in [6.45, 7) is 1.04. The quantitative estimate of drug-likeness (QED) is 0.897. The molecule has 1 saturated heterocycles. The van der Waals surface area contributed by atoms with Gasteiger partial charge in [-0.25, -0.2) is 13.5 Å². The van der Waals surface area contributed by atoms with Crippen LogP contribution in [0.25, 0.3) is 11.3 Å². The van der Waals surface area contributed by atoms with Crippen LogP contribution in [-0.2, 0) is 10.0 Å². The lowest BCUT2D eigenvalue weighted by atomic mass is 10.1. The highest BCUT2D eigenvalue weighted by molar-refractivity contribution is 7.89. The maximum atomic E-state index is 13.1. The zero-order valence-corrected chi connectivity index (χ0v) is 14.9. The fourth-order valence-electron chi connectivity index (χ4n) is 2.96. The molecule has 1 N–H and O–H groups in total. The van der Waals surface area contributed by atoms with Crippen LogP contribution in [0.3, 0.4) is 0 Å². The van der Waals surface area contributed by atoms with E-state index in [4.69, 9.17) is 4.74 Å². The predicted octanol–water partition coefficient (Wildman–Crippen LogP) is 2.01. The Kier molecular flexibility index (Phi) is 5.19. The van der Waals surface area contributed by atoms with Gasteiger partial charge < -0.3 is 4.74 Å². The summed E-state index contributed by atoms with van der Waals surface area (Å²) in [5, 5.41) is 6.33. The average Bonchev–Trinajstić information content (AvgIpc) is 2.92. The van der Waals surface area contributed by atoms with Crippen molar-refractivity contribution in [2.75, 3.05) is 20.2 Å². The van der Waals surface area contributed by atoms with E-state index in [1.165, 1.54) is 17.5 Å². The summed E-state index contributed by atoms with van der Waals surface area (Å²) in [5.74, 6) is 0.303. The zero-order chi connectivity index (χ0) is 17.9. The fraction of sp³-hybridized carbons (Fsp3) is 0.412. The highest BCUT2D eigenvalue weighted by Gasteiger charge is 2.28. The van der Waals surface area contributed by atoms with Crippen LogP contribution in [0.4, 0.5) is 0 Å². The molecule has 134 valence electrons. The molecule has 8 heteroatoms. The number of hydrogen-bond acceptors (Lipinski definition) is 5. The van der Waals surface area contributed by atoms with Crippen molar-refractivity contribution in [3.8, 4) is 17.0 Å². The Morgan fingerprint density at radius 2 is 1.80 bits per heavy atom. The van der Waals surface area contributed by atoms with Crippen LogP contribution in [0.5, 0.6) is 5.75 Å². The van der Waals surface area contributed by atoms with E-state index in [2.05, 4.69) is 10.2 Å². The van der Waals surface area contributed by atoms with Crippen molar-refractivity contribution in [2.45, 2.75) is 30.6 Å². The zero-order valence-electron chi connectivity index (χ0n) is 14.1. The van der Waals surface area contributed by atoms with Gasteiger partial charge in [0.05, 0.1) is 12.8 Å². The predicted molar refractivity (Wildman–Crippen MR) is 94.1 cm³/mol. The first kappa shape index (κ1) is 17.6. The summed E-state index contributed by atoms with van der Waals surface area (Å²) in [5.41, 5.74) is 0.787. The van der Waals surface area contributed by atoms with Crippen molar-refractivity contribution in [3.63, 3.8) is 0 Å². The van der Waals surface area contributed by atoms with Crippen molar-refractivity contribution in [1.82, 2.24) is 14.5 Å². The topological polar surface area (TPSA) is 92.4 Å². The number of nitrogens with one attached hydrogen (secondary N) is 1. The first-order chi connectivity index (χ1) is 12.0. The summed E-state index contributed by atoms with van der Waals surface area (Å²) in [7, 11) is -2.21. The van der Waals surface area contributed by atoms with Crippen molar-refractivity contribution >= 4 is 10.0 Å². The number of nitrogens with zero attached hydrogens (tertiary/aromatic N) is 2. The molecule has 7 nitrogen and oxygen atoms in total. The van der Waals surface area contributed by atoms with Gasteiger partial charge in [-0.3, -0.25) is 4.79 Å². The lowest BCUT2D eigenvalue weighted by Gasteiger charge is -2.21. The molecule has 0 saturated carbocycles. The van der Waals surface area contributed by atoms with Crippen molar-refractivity contribution in [1.29, 1.82) is 0 Å². The van der Waals surface area contributed by atoms with Gasteiger partial charge in [0.1, 0.15) is 10.6 Å². The molecule has 0 unspecified atom stereocenters. The minimum absolute atomic E-state index is 0.127. The summed E-state index contributed by atoms with van der Waals surface area (Å²) >= 11 is 0. The molecule has 1 aliphatic heterocycles. The minimum Gasteiger partial charge on any atom is -0.495 e. The second-order valence-corrected chi connectivity index (χ2v) is 7.90. The second-order valence-electron chi connectivity index (χ2n) is 5.99. The lowest BCUT2D eigenvalue weighted by Crippen LogP contribution is -2.32. The van der Waals surface area contributed by atoms with Gasteiger partial charge in [-0.1, -0.05) is 12.8 Å². The van der Waals surface area contributed by atoms with E-state index in [0.717, 1.165) is 25.7 Å². The fourth-order valence-corrected chi connectivity index (χ4v) is 4.66. The van der Waals surface area contributed by atoms with Crippen LogP contribution >= 0.6 is 0 Å². The number of H-pyrrole nitrogens is 1. The molecule has 0 bridgehead atoms. The Labute approximate surface area is 146 Å². The first-order valence-electron chi connectivity index (χ1n) is 8.26. The molecular formula is C17H21N3O4S. The highest BCUT2D eigenvalue weighted by Crippen LogP contribution is 2.32. The number of hydrogen-bond donors (Lipinski definition) is 1. The monoisotopic (exact) mass is 363 g/mol. The lowest BCUT2D eigenvalue weighted by molar-refractivity contribution is 0.391. The molecule has 2 heterocycles. The van der Waals surface area contributed by atoms with E-state index in [-0.39, 0.29) is 10.5 Å². The standard InChI is InChI=1S/C17H21N3O4S/c1-24-15-8-6-13(14-7-9-17(21)19-18-14)12-16(15)25(22,23)20-10-4-2-3-5-11-20/h6-9,12H,2-5,10-11H2,1H3,(H,19,21). The highest BCUT2D eigenvalue weighted by atomic mass is 32.2. The van der Waals surface area contributed by atoms with E-state index >= 15 is 0 Å². The van der Waals surface area contributed by atoms with Gasteiger partial charge in [-0.05, 0) is 37.1 Å². The summed E-state index contributed by atoms with van der Waals surface area (Å²) in [4.78, 5) is 11.3. The molecule has 0 amide bonds. The van der Waals surface area contributed by atoms with E-state index in [0.29, 0.717) is 30.1 Å². The SMILES string of the molecule is COc1ccc(-c2ccc(=O)[nH]n2)cc1S(=O)(=O)N1CCCCCC1. The van der Waals surface area contributed by atoms with Crippen LogP contribution in [0.2, 0.25) is 0 Å². The Morgan fingerprint density at radius 1 is 1.08 bits per heavy atom. The van der Waals surface area contributed by atoms with E-state index in [9.17, 15) is 13.2 Å². The third kappa shape index (κ3) is 3.74. The maximum Gasteiger partial charge on any atom is 0.264 e. The van der Waals surface area contributed by atoms with Crippen molar-refractivity contribution in [2.24, 2.45) is 0 Å². The number of benzene rings is 1. The Balaban J connectivity index is 2.05. The molecule has 1 fully saturated rings. The van der Waals surface area contributed by atoms with Crippen LogP contribution in [0.15, 0.2) is 40.0 Å². The summed E-state index contributed by atoms with van der Waals surface area (Å²) < 4.78 is 33.1. The largest absolute Gasteiger partial charge is 0.495 e. The Bertz CT molecular complexity index is 880. The van der Waals surface area contributed by atoms with Gasteiger partial charge in [0.25, 0.3) is 5.56 Å². The number of aromatic nitrogens is 2. The average molecular weight is 363 g/mol. The minimum atomic E-state index is -3.66. The molecule has 3 rings (SSSR count). The third-order valence-electron chi connectivity index (χ3n) is 4.32. The molecule has 1 aromatic carbocycles. The van der Waals surface area contributed by atoms with Gasteiger partial charge in [0.15, 0.2) is 0 Å². The molecule has 25 heavy (non-hydrogen) atoms. The molecule has 1 aliphatic rings. The van der Waals surface area contributed by atoms with Gasteiger partial charge in [-0.2, -0.15) is 9.40 Å². The van der Waals surface area contributed by atoms with E-state index < -0.39 is 10.0 Å². The molecule has 1 aromatic heterocycles. The number of rotatable bonds is 4. The van der Waals surface area contributed by atoms with Crippen molar-refractivity contribution in [3.05, 3.63) is 40.7 Å². The third-order valence-corrected chi connectivity index (χ3v) is 6.24. The number of ether oxygens (including phenoxy) is 1. The maximum absolute atomic E-state index is 13.1. The molecule has 0 spiro atoms. The number of methoxy groups -OCH3 is 1. The first-order valence-corrected chi connectivity index (χ1v) is 9.70. The molecule has 0 atom stereocenters. The molecular weight excluding hydrogens is 342 g/mol. The van der Waals surface area contributed by atoms with Crippen LogP contribution in [0.1, 0.15) is 25.7 Å². The van der Waals surface area contributed by atoms with E-state index in [1.807, 2.05) is 0 Å². The smallest absolute Gasteiger partial charge is 0.264 e. The van der Waals surface area contributed by atoms with Gasteiger partial charge >= 0.3 is 0 Å². The normalized spacial score (nSPS) is 16.4. The van der Waals surface area contributed by atoms with Crippen LogP contribution < -0.4 is 10.3 Å². The summed E-state index contributed by atoms with van der Waals surface area (Å²) in [6.07, 6.45) is 3.82. The summed E-state index contributed by atoms with van der Waals surface area (Å²) in [6, 6.07) is 7.81. The molecule has 0 radical (unpaired) electrons. The molecule has 0 aliphatic carbocycles. The van der Waals surface area contributed by atoms with Crippen LogP contribution in [-0.4, -0.2) is 43.1 Å². The number of sulfonamides is 1. The van der Waals surface area contributed by atoms with Gasteiger partial charge in [0, 0.05) is 24.7 Å². The van der Waals surface area contributed by atoms with Gasteiger partial charge in [0.2, 0.25) is 10.0 Å². The number of aromatic amines is 1. The van der Waals surface area contributed by atoms with Crippen LogP contribution in [0, 0.1) is 0 Å². The Morgan fingerprint density at radius 3 is 2.40 bits per heavy atom. The molecule has 2 aromatic rings. The second kappa shape index (κ2) is 7.37. The van der Waals surface area contributed by atoms with Crippen molar-refractivity contribution < 1.29 is 13.2 Å². The van der Waals surface area contributed by atoms with E-state index in [1.54, 1.807) is 24.3 Å². The van der Waals surface area contributed by atoms with Gasteiger partial charge in [-0.15, -0.1) is 0 Å². The Hall–Kier alpha value is -2.19.